The van der Waals surface area contributed by atoms with E-state index in [0.29, 0.717) is 23.7 Å². The lowest BCUT2D eigenvalue weighted by Crippen LogP contribution is -2.58. The summed E-state index contributed by atoms with van der Waals surface area (Å²) in [5.41, 5.74) is 0.676. The van der Waals surface area contributed by atoms with E-state index in [1.54, 1.807) is 0 Å². The summed E-state index contributed by atoms with van der Waals surface area (Å²) < 4.78 is 0. The zero-order valence-electron chi connectivity index (χ0n) is 13.7. The lowest BCUT2D eigenvalue weighted by molar-refractivity contribution is -0.178. The molecule has 0 saturated heterocycles. The Balaban J connectivity index is 1.66. The normalized spacial score (nSPS) is 60.0. The molecule has 0 bridgehead atoms. The van der Waals surface area contributed by atoms with E-state index in [2.05, 4.69) is 13.8 Å². The topological polar surface area (TPSA) is 40.5 Å². The first kappa shape index (κ1) is 14.5. The van der Waals surface area contributed by atoms with Crippen LogP contribution in [0.5, 0.6) is 0 Å². The molecular weight excluding hydrogens is 260 g/mol. The van der Waals surface area contributed by atoms with Crippen molar-refractivity contribution >= 4 is 0 Å². The Kier molecular flexibility index (Phi) is 3.25. The SMILES string of the molecule is C[C@@]12CCC[C@H]1[C@@H]1CC[C@H]3C[C@H](O)C[C@H](O)[C@]3(C)[C@H]1CC2. The third-order valence-corrected chi connectivity index (χ3v) is 8.52. The van der Waals surface area contributed by atoms with Gasteiger partial charge in [0.05, 0.1) is 12.2 Å². The highest BCUT2D eigenvalue weighted by Crippen LogP contribution is 2.66. The molecule has 0 aromatic rings. The van der Waals surface area contributed by atoms with Crippen LogP contribution in [0.25, 0.3) is 0 Å². The number of hydrogen-bond acceptors (Lipinski definition) is 2. The molecule has 2 nitrogen and oxygen atoms in total. The van der Waals surface area contributed by atoms with Gasteiger partial charge in [-0.2, -0.15) is 0 Å². The minimum absolute atomic E-state index is 0.0755. The molecule has 0 aliphatic heterocycles. The van der Waals surface area contributed by atoms with Gasteiger partial charge in [0.25, 0.3) is 0 Å². The fourth-order valence-corrected chi connectivity index (χ4v) is 7.29. The Morgan fingerprint density at radius 1 is 0.857 bits per heavy atom. The molecule has 2 N–H and O–H groups in total. The maximum absolute atomic E-state index is 10.8. The quantitative estimate of drug-likeness (QED) is 0.714. The predicted octanol–water partition coefficient (Wildman–Crippen LogP) is 3.75. The lowest BCUT2D eigenvalue weighted by Gasteiger charge is -2.61. The molecule has 0 amide bonds. The second kappa shape index (κ2) is 4.71. The fraction of sp³-hybridized carbons (Fsp3) is 1.00. The Labute approximate surface area is 129 Å². The van der Waals surface area contributed by atoms with Gasteiger partial charge in [-0.1, -0.05) is 20.3 Å². The summed E-state index contributed by atoms with van der Waals surface area (Å²) in [6.45, 7) is 4.90. The zero-order valence-corrected chi connectivity index (χ0v) is 13.7. The van der Waals surface area contributed by atoms with Gasteiger partial charge < -0.3 is 10.2 Å². The maximum atomic E-state index is 10.8. The van der Waals surface area contributed by atoms with Gasteiger partial charge in [-0.15, -0.1) is 0 Å². The Bertz CT molecular complexity index is 422. The van der Waals surface area contributed by atoms with Crippen LogP contribution in [-0.4, -0.2) is 22.4 Å². The maximum Gasteiger partial charge on any atom is 0.0623 e. The third-order valence-electron chi connectivity index (χ3n) is 8.52. The summed E-state index contributed by atoms with van der Waals surface area (Å²) in [6, 6.07) is 0. The highest BCUT2D eigenvalue weighted by atomic mass is 16.3. The van der Waals surface area contributed by atoms with Crippen molar-refractivity contribution in [2.45, 2.75) is 83.8 Å². The van der Waals surface area contributed by atoms with Gasteiger partial charge in [0.1, 0.15) is 0 Å². The van der Waals surface area contributed by atoms with Gasteiger partial charge in [0, 0.05) is 0 Å². The molecule has 4 aliphatic carbocycles. The van der Waals surface area contributed by atoms with E-state index in [4.69, 9.17) is 0 Å². The minimum Gasteiger partial charge on any atom is -0.393 e. The molecule has 4 saturated carbocycles. The first-order valence-electron chi connectivity index (χ1n) is 9.31. The molecule has 4 rings (SSSR count). The summed E-state index contributed by atoms with van der Waals surface area (Å²) in [7, 11) is 0. The fourth-order valence-electron chi connectivity index (χ4n) is 7.29. The van der Waals surface area contributed by atoms with Crippen LogP contribution >= 0.6 is 0 Å². The highest BCUT2D eigenvalue weighted by molar-refractivity contribution is 5.09. The second-order valence-electron chi connectivity index (χ2n) is 9.24. The molecule has 0 heterocycles. The largest absolute Gasteiger partial charge is 0.393 e. The van der Waals surface area contributed by atoms with E-state index in [1.807, 2.05) is 0 Å². The van der Waals surface area contributed by atoms with Gasteiger partial charge in [0.15, 0.2) is 0 Å². The van der Waals surface area contributed by atoms with Gasteiger partial charge >= 0.3 is 0 Å². The average Bonchev–Trinajstić information content (AvgIpc) is 2.82. The van der Waals surface area contributed by atoms with Crippen molar-refractivity contribution in [1.29, 1.82) is 0 Å². The van der Waals surface area contributed by atoms with Gasteiger partial charge in [-0.25, -0.2) is 0 Å². The molecular formula is C19H32O2. The van der Waals surface area contributed by atoms with Crippen LogP contribution < -0.4 is 0 Å². The van der Waals surface area contributed by atoms with E-state index >= 15 is 0 Å². The Morgan fingerprint density at radius 2 is 1.67 bits per heavy atom. The standard InChI is InChI=1S/C19H32O2/c1-18-8-3-4-15(18)14-6-5-12-10-13(20)11-17(21)19(12,2)16(14)7-9-18/h12-17,20-21H,3-11H2,1-2H3/t12-,13-,14-,15-,16-,17-,18-,19-/m0/s1. The molecule has 0 radical (unpaired) electrons. The Morgan fingerprint density at radius 3 is 2.48 bits per heavy atom. The van der Waals surface area contributed by atoms with E-state index in [1.165, 1.54) is 44.9 Å². The van der Waals surface area contributed by atoms with E-state index in [0.717, 1.165) is 18.3 Å². The molecule has 4 aliphatic rings. The monoisotopic (exact) mass is 292 g/mol. The molecule has 8 atom stereocenters. The van der Waals surface area contributed by atoms with Crippen molar-refractivity contribution in [1.82, 2.24) is 0 Å². The van der Waals surface area contributed by atoms with Crippen LogP contribution in [0.3, 0.4) is 0 Å². The van der Waals surface area contributed by atoms with Crippen LogP contribution in [0.4, 0.5) is 0 Å². The van der Waals surface area contributed by atoms with Crippen molar-refractivity contribution in [2.24, 2.45) is 34.5 Å². The lowest BCUT2D eigenvalue weighted by atomic mass is 9.44. The molecule has 4 fully saturated rings. The first-order chi connectivity index (χ1) is 9.95. The minimum atomic E-state index is -0.287. The predicted molar refractivity (Wildman–Crippen MR) is 83.7 cm³/mol. The van der Waals surface area contributed by atoms with Gasteiger partial charge in [-0.05, 0) is 85.9 Å². The van der Waals surface area contributed by atoms with E-state index < -0.39 is 0 Å². The van der Waals surface area contributed by atoms with Crippen molar-refractivity contribution in [2.75, 3.05) is 0 Å². The number of aliphatic hydroxyl groups is 2. The third kappa shape index (κ3) is 1.91. The number of hydrogen-bond donors (Lipinski definition) is 2. The summed E-state index contributed by atoms with van der Waals surface area (Å²) in [4.78, 5) is 0. The summed E-state index contributed by atoms with van der Waals surface area (Å²) >= 11 is 0. The summed E-state index contributed by atoms with van der Waals surface area (Å²) in [5.74, 6) is 3.00. The van der Waals surface area contributed by atoms with Gasteiger partial charge in [0.2, 0.25) is 0 Å². The van der Waals surface area contributed by atoms with Crippen LogP contribution in [0.1, 0.15) is 71.6 Å². The Hall–Kier alpha value is -0.0800. The highest BCUT2D eigenvalue weighted by Gasteiger charge is 2.60. The number of aliphatic hydroxyl groups excluding tert-OH is 2. The smallest absolute Gasteiger partial charge is 0.0623 e. The van der Waals surface area contributed by atoms with Crippen molar-refractivity contribution < 1.29 is 10.2 Å². The second-order valence-corrected chi connectivity index (χ2v) is 9.24. The van der Waals surface area contributed by atoms with Crippen molar-refractivity contribution in [3.05, 3.63) is 0 Å². The van der Waals surface area contributed by atoms with E-state index in [-0.39, 0.29) is 17.6 Å². The molecule has 2 heteroatoms. The number of rotatable bonds is 0. The first-order valence-corrected chi connectivity index (χ1v) is 9.31. The molecule has 21 heavy (non-hydrogen) atoms. The van der Waals surface area contributed by atoms with Crippen molar-refractivity contribution in [3.63, 3.8) is 0 Å². The zero-order chi connectivity index (χ0) is 14.8. The molecule has 0 unspecified atom stereocenters. The van der Waals surface area contributed by atoms with E-state index in [9.17, 15) is 10.2 Å². The van der Waals surface area contributed by atoms with Crippen LogP contribution in [-0.2, 0) is 0 Å². The van der Waals surface area contributed by atoms with Crippen LogP contribution in [0.15, 0.2) is 0 Å². The molecule has 0 aromatic carbocycles. The molecule has 0 spiro atoms. The molecule has 120 valence electrons. The average molecular weight is 292 g/mol. The number of fused-ring (bicyclic) bond motifs is 5. The van der Waals surface area contributed by atoms with Crippen molar-refractivity contribution in [3.8, 4) is 0 Å². The van der Waals surface area contributed by atoms with Crippen LogP contribution in [0, 0.1) is 34.5 Å². The van der Waals surface area contributed by atoms with Gasteiger partial charge in [-0.3, -0.25) is 0 Å². The summed E-state index contributed by atoms with van der Waals surface area (Å²) in [6.07, 6.45) is 10.5. The summed E-state index contributed by atoms with van der Waals surface area (Å²) in [5, 5.41) is 20.9. The van der Waals surface area contributed by atoms with Crippen LogP contribution in [0.2, 0.25) is 0 Å². The molecule has 0 aromatic heterocycles.